The van der Waals surface area contributed by atoms with Crippen LogP contribution in [0.3, 0.4) is 0 Å². The highest BCUT2D eigenvalue weighted by Gasteiger charge is 2.58. The Morgan fingerprint density at radius 1 is 1.19 bits per heavy atom. The predicted octanol–water partition coefficient (Wildman–Crippen LogP) is 3.21. The number of hydrogen-bond acceptors (Lipinski definition) is 8. The lowest BCUT2D eigenvalue weighted by atomic mass is 9.92. The fraction of sp³-hybridized carbons (Fsp3) is 0.536. The summed E-state index contributed by atoms with van der Waals surface area (Å²) in [7, 11) is 1.35. The molecule has 0 bridgehead atoms. The third-order valence-corrected chi connectivity index (χ3v) is 8.96. The molecule has 4 N–H and O–H groups in total. The van der Waals surface area contributed by atoms with Crippen molar-refractivity contribution < 1.29 is 32.6 Å². The van der Waals surface area contributed by atoms with Gasteiger partial charge in [0.1, 0.15) is 23.6 Å². The van der Waals surface area contributed by atoms with Gasteiger partial charge in [0.05, 0.1) is 31.4 Å². The molecule has 2 saturated heterocycles. The van der Waals surface area contributed by atoms with Crippen molar-refractivity contribution in [3.8, 4) is 17.1 Å². The van der Waals surface area contributed by atoms with E-state index in [0.29, 0.717) is 23.3 Å². The molecule has 12 nitrogen and oxygen atoms in total. The van der Waals surface area contributed by atoms with Gasteiger partial charge in [-0.1, -0.05) is 6.92 Å². The number of rotatable bonds is 7. The number of amides is 2. The predicted molar refractivity (Wildman–Crippen MR) is 149 cm³/mol. The number of carbonyl (C=O) groups is 2. The molecule has 43 heavy (non-hydrogen) atoms. The minimum absolute atomic E-state index is 0.00315. The second-order valence-corrected chi connectivity index (χ2v) is 11.9. The number of halogens is 3. The van der Waals surface area contributed by atoms with Gasteiger partial charge in [-0.15, -0.1) is 0 Å². The normalized spacial score (nSPS) is 24.7. The van der Waals surface area contributed by atoms with E-state index in [4.69, 9.17) is 10.5 Å². The number of anilines is 1. The fourth-order valence-electron chi connectivity index (χ4n) is 6.37. The molecular formula is C28H33F3N8O4. The van der Waals surface area contributed by atoms with E-state index in [1.54, 1.807) is 4.52 Å². The number of likely N-dealkylation sites (tertiary alicyclic amines) is 2. The van der Waals surface area contributed by atoms with Gasteiger partial charge in [-0.05, 0) is 36.0 Å². The Morgan fingerprint density at radius 3 is 2.56 bits per heavy atom. The van der Waals surface area contributed by atoms with Gasteiger partial charge in [-0.3, -0.25) is 14.6 Å². The fourth-order valence-corrected chi connectivity index (χ4v) is 6.37. The summed E-state index contributed by atoms with van der Waals surface area (Å²) in [5.74, 6) is -3.13. The third kappa shape index (κ3) is 5.30. The molecule has 6 rings (SSSR count). The number of nitrogens with zero attached hydrogens (tertiary/aromatic N) is 6. The van der Waals surface area contributed by atoms with Crippen LogP contribution in [0.1, 0.15) is 48.5 Å². The summed E-state index contributed by atoms with van der Waals surface area (Å²) in [4.78, 5) is 36.9. The van der Waals surface area contributed by atoms with E-state index in [2.05, 4.69) is 20.4 Å². The number of alkyl halides is 3. The first-order valence-electron chi connectivity index (χ1n) is 14.1. The van der Waals surface area contributed by atoms with Crippen LogP contribution in [0.5, 0.6) is 5.88 Å². The first kappa shape index (κ1) is 29.0. The minimum atomic E-state index is -2.68. The van der Waals surface area contributed by atoms with Crippen molar-refractivity contribution in [1.82, 2.24) is 34.7 Å². The van der Waals surface area contributed by atoms with Crippen LogP contribution in [0.2, 0.25) is 0 Å². The van der Waals surface area contributed by atoms with Gasteiger partial charge in [0.15, 0.2) is 5.82 Å². The highest BCUT2D eigenvalue weighted by Crippen LogP contribution is 2.53. The standard InChI is InChI=1S/C28H33F3N8O4/c1-27(3-4-27)22-20(18(29)13-38(22)26(41)42)36-24(40)17-9-15(11-33-25(17)43-2)19-10-16(21-23(32)34-14-35-39(19)21)12-37-7-5-28(30,31)6-8-37/h9-11,14,18,20,22H,3-8,12-13H2,1-2H3,(H,36,40)(H,41,42)(H2,32,34,35)/t18-,20-,22?/m0/s1. The molecule has 3 aromatic heterocycles. The molecule has 5 heterocycles. The van der Waals surface area contributed by atoms with Crippen LogP contribution in [0.4, 0.5) is 23.8 Å². The van der Waals surface area contributed by atoms with E-state index in [0.717, 1.165) is 23.3 Å². The largest absolute Gasteiger partial charge is 0.480 e. The van der Waals surface area contributed by atoms with Gasteiger partial charge in [0.2, 0.25) is 5.88 Å². The van der Waals surface area contributed by atoms with E-state index < -0.39 is 41.6 Å². The van der Waals surface area contributed by atoms with E-state index in [9.17, 15) is 23.5 Å². The molecule has 3 atom stereocenters. The van der Waals surface area contributed by atoms with Crippen molar-refractivity contribution in [2.24, 2.45) is 5.41 Å². The van der Waals surface area contributed by atoms with Gasteiger partial charge in [0.25, 0.3) is 11.8 Å². The molecule has 15 heteroatoms. The van der Waals surface area contributed by atoms with Crippen LogP contribution < -0.4 is 15.8 Å². The first-order chi connectivity index (χ1) is 20.4. The Kier molecular flexibility index (Phi) is 7.10. The Labute approximate surface area is 245 Å². The number of pyridine rings is 1. The van der Waals surface area contributed by atoms with Gasteiger partial charge in [0, 0.05) is 44.2 Å². The molecule has 230 valence electrons. The Morgan fingerprint density at radius 2 is 1.91 bits per heavy atom. The molecule has 2 amide bonds. The van der Waals surface area contributed by atoms with Gasteiger partial charge < -0.3 is 20.9 Å². The summed E-state index contributed by atoms with van der Waals surface area (Å²) >= 11 is 0. The first-order valence-corrected chi connectivity index (χ1v) is 14.1. The number of hydrogen-bond donors (Lipinski definition) is 3. The van der Waals surface area contributed by atoms with Crippen molar-refractivity contribution in [2.45, 2.75) is 63.3 Å². The maximum atomic E-state index is 15.2. The van der Waals surface area contributed by atoms with Crippen molar-refractivity contribution in [2.75, 3.05) is 32.5 Å². The Hall–Kier alpha value is -4.14. The number of fused-ring (bicyclic) bond motifs is 1. The van der Waals surface area contributed by atoms with Gasteiger partial charge in [-0.25, -0.2) is 32.4 Å². The summed E-state index contributed by atoms with van der Waals surface area (Å²) in [6.45, 7) is 2.35. The maximum absolute atomic E-state index is 15.2. The number of aromatic nitrogens is 4. The van der Waals surface area contributed by atoms with E-state index >= 15 is 4.39 Å². The highest BCUT2D eigenvalue weighted by molar-refractivity contribution is 5.98. The molecule has 3 aliphatic rings. The second-order valence-electron chi connectivity index (χ2n) is 11.9. The lowest BCUT2D eigenvalue weighted by Crippen LogP contribution is -2.52. The highest BCUT2D eigenvalue weighted by atomic mass is 19.3. The second kappa shape index (κ2) is 10.5. The number of piperidine rings is 1. The number of nitrogens with two attached hydrogens (primary N) is 1. The van der Waals surface area contributed by atoms with Gasteiger partial charge in [-0.2, -0.15) is 5.10 Å². The SMILES string of the molecule is COc1ncc(-c2cc(CN3CCC(F)(F)CC3)c3c(N)ncnn23)cc1C(=O)N[C@@H]1C(C2(C)CC2)N(C(=O)O)C[C@@H]1F. The molecule has 0 radical (unpaired) electrons. The van der Waals surface area contributed by atoms with Crippen molar-refractivity contribution in [3.63, 3.8) is 0 Å². The number of ether oxygens (including phenoxy) is 1. The lowest BCUT2D eigenvalue weighted by molar-refractivity contribution is -0.0565. The molecule has 1 saturated carbocycles. The van der Waals surface area contributed by atoms with Crippen LogP contribution in [0.25, 0.3) is 16.8 Å². The molecule has 0 aromatic carbocycles. The number of carbonyl (C=O) groups excluding carboxylic acids is 1. The number of nitrogens with one attached hydrogen (secondary N) is 1. The van der Waals surface area contributed by atoms with Crippen LogP contribution in [0, 0.1) is 5.41 Å². The lowest BCUT2D eigenvalue weighted by Gasteiger charge is -2.31. The number of carboxylic acid groups (broad SMARTS) is 1. The Balaban J connectivity index is 1.32. The number of nitrogen functional groups attached to an aromatic ring is 1. The zero-order chi connectivity index (χ0) is 30.7. The van der Waals surface area contributed by atoms with Crippen LogP contribution in [-0.2, 0) is 6.54 Å². The molecule has 1 unspecified atom stereocenters. The van der Waals surface area contributed by atoms with E-state index in [1.165, 1.54) is 25.7 Å². The van der Waals surface area contributed by atoms with E-state index in [-0.39, 0.29) is 49.7 Å². The average Bonchev–Trinajstić information content (AvgIpc) is 3.46. The van der Waals surface area contributed by atoms with Crippen LogP contribution in [-0.4, -0.2) is 97.4 Å². The monoisotopic (exact) mass is 602 g/mol. The van der Waals surface area contributed by atoms with Crippen molar-refractivity contribution in [1.29, 1.82) is 0 Å². The van der Waals surface area contributed by atoms with Crippen molar-refractivity contribution in [3.05, 3.63) is 35.8 Å². The molecule has 3 fully saturated rings. The smallest absolute Gasteiger partial charge is 0.407 e. The van der Waals surface area contributed by atoms with Crippen molar-refractivity contribution >= 4 is 23.3 Å². The summed E-state index contributed by atoms with van der Waals surface area (Å²) < 4.78 is 49.6. The van der Waals surface area contributed by atoms with E-state index in [1.807, 2.05) is 17.9 Å². The topological polar surface area (TPSA) is 151 Å². The molecule has 2 aliphatic heterocycles. The van der Waals surface area contributed by atoms with Crippen LogP contribution in [0.15, 0.2) is 24.7 Å². The molecule has 1 aliphatic carbocycles. The summed E-state index contributed by atoms with van der Waals surface area (Å²) in [5, 5.41) is 16.8. The average molecular weight is 603 g/mol. The third-order valence-electron chi connectivity index (χ3n) is 8.96. The quantitative estimate of drug-likeness (QED) is 0.370. The Bertz CT molecular complexity index is 1570. The number of methoxy groups -OCH3 is 1. The van der Waals surface area contributed by atoms with Crippen LogP contribution >= 0.6 is 0 Å². The zero-order valence-electron chi connectivity index (χ0n) is 23.8. The zero-order valence-corrected chi connectivity index (χ0v) is 23.8. The molecule has 3 aromatic rings. The summed E-state index contributed by atoms with van der Waals surface area (Å²) in [6, 6.07) is 1.59. The minimum Gasteiger partial charge on any atom is -0.480 e. The maximum Gasteiger partial charge on any atom is 0.407 e. The van der Waals surface area contributed by atoms with Gasteiger partial charge >= 0.3 is 6.09 Å². The molecule has 0 spiro atoms. The summed E-state index contributed by atoms with van der Waals surface area (Å²) in [6.07, 6.45) is 0.965. The summed E-state index contributed by atoms with van der Waals surface area (Å²) in [5.41, 5.74) is 8.05. The molecular weight excluding hydrogens is 569 g/mol.